The van der Waals surface area contributed by atoms with Crippen molar-refractivity contribution in [2.45, 2.75) is 6.92 Å². The lowest BCUT2D eigenvalue weighted by molar-refractivity contribution is 0.669. The van der Waals surface area contributed by atoms with Gasteiger partial charge in [-0.15, -0.1) is 16.4 Å². The monoisotopic (exact) mass is 242 g/mol. The molecule has 12 radical (unpaired) electrons. The molecule has 0 aliphatic heterocycles. The second-order valence-corrected chi connectivity index (χ2v) is 4.86. The van der Waals surface area contributed by atoms with Crippen LogP contribution in [0.15, 0.2) is 10.5 Å². The fraction of sp³-hybridized carbons (Fsp3) is 0.0769. The van der Waals surface area contributed by atoms with E-state index in [4.69, 9.17) is 51.5 Å². The summed E-state index contributed by atoms with van der Waals surface area (Å²) in [6, 6.07) is 1.74. The first-order chi connectivity index (χ1) is 9.34. The van der Waals surface area contributed by atoms with Gasteiger partial charge >= 0.3 is 0 Å². The highest BCUT2D eigenvalue weighted by atomic mass is 16.3. The highest BCUT2D eigenvalue weighted by molar-refractivity contribution is 6.68. The van der Waals surface area contributed by atoms with E-state index in [1.807, 2.05) is 6.92 Å². The molecule has 80 valence electrons. The van der Waals surface area contributed by atoms with E-state index in [0.29, 0.717) is 38.3 Å². The Morgan fingerprint density at radius 3 is 1.90 bits per heavy atom. The molecule has 0 fully saturated rings. The highest BCUT2D eigenvalue weighted by Crippen LogP contribution is 2.25. The number of hydrogen-bond donors (Lipinski definition) is 0. The number of hydrogen-bond acceptors (Lipinski definition) is 1. The minimum Gasteiger partial charge on any atom is -0.456 e. The van der Waals surface area contributed by atoms with Crippen LogP contribution in [0, 0.1) is 6.92 Å². The van der Waals surface area contributed by atoms with Gasteiger partial charge in [0.05, 0.1) is 0 Å². The molecule has 0 bridgehead atoms. The van der Waals surface area contributed by atoms with Crippen molar-refractivity contribution in [2.24, 2.45) is 0 Å². The van der Waals surface area contributed by atoms with Crippen LogP contribution in [0.25, 0.3) is 21.9 Å². The molecule has 3 aromatic rings. The molecule has 7 heteroatoms. The quantitative estimate of drug-likeness (QED) is 0.375. The van der Waals surface area contributed by atoms with E-state index in [9.17, 15) is 0 Å². The van der Waals surface area contributed by atoms with Crippen molar-refractivity contribution in [1.82, 2.24) is 0 Å². The van der Waals surface area contributed by atoms with Gasteiger partial charge in [-0.3, -0.25) is 0 Å². The summed E-state index contributed by atoms with van der Waals surface area (Å²) in [5, 5.41) is 1.17. The molecule has 20 heavy (non-hydrogen) atoms. The lowest BCUT2D eigenvalue weighted by Crippen LogP contribution is -2.47. The van der Waals surface area contributed by atoms with Crippen LogP contribution >= 0.6 is 0 Å². The summed E-state index contributed by atoms with van der Waals surface area (Å²) in [7, 11) is 35.7. The molecule has 3 rings (SSSR count). The van der Waals surface area contributed by atoms with Crippen LogP contribution < -0.4 is 32.8 Å². The van der Waals surface area contributed by atoms with Crippen molar-refractivity contribution in [3.05, 3.63) is 11.6 Å². The fourth-order valence-corrected chi connectivity index (χ4v) is 2.48. The number of rotatable bonds is 0. The molecular formula is C13H4B6O. The van der Waals surface area contributed by atoms with E-state index >= 15 is 0 Å². The van der Waals surface area contributed by atoms with E-state index in [-0.39, 0.29) is 16.4 Å². The maximum atomic E-state index is 6.05. The lowest BCUT2D eigenvalue weighted by Gasteiger charge is -2.12. The van der Waals surface area contributed by atoms with Gasteiger partial charge in [-0.25, -0.2) is 0 Å². The van der Waals surface area contributed by atoms with E-state index in [0.717, 1.165) is 5.56 Å². The highest BCUT2D eigenvalue weighted by Gasteiger charge is 2.17. The van der Waals surface area contributed by atoms with E-state index in [1.54, 1.807) is 6.07 Å². The molecule has 0 aliphatic rings. The zero-order valence-corrected chi connectivity index (χ0v) is 10.9. The molecule has 1 aromatic heterocycles. The molecule has 1 heterocycles. The van der Waals surface area contributed by atoms with Crippen LogP contribution in [0.5, 0.6) is 0 Å². The largest absolute Gasteiger partial charge is 0.456 e. The maximum absolute atomic E-state index is 6.05. The summed E-state index contributed by atoms with van der Waals surface area (Å²) < 4.78 is 5.79. The lowest BCUT2D eigenvalue weighted by atomic mass is 9.65. The molecule has 0 saturated carbocycles. The predicted octanol–water partition coefficient (Wildman–Crippen LogP) is -3.34. The summed E-state index contributed by atoms with van der Waals surface area (Å²) in [6.07, 6.45) is 0. The van der Waals surface area contributed by atoms with Crippen molar-refractivity contribution in [1.29, 1.82) is 0 Å². The minimum atomic E-state index is 0.207. The third kappa shape index (κ3) is 1.58. The number of fused-ring (bicyclic) bond motifs is 3. The molecule has 0 atom stereocenters. The number of benzene rings is 2. The Balaban J connectivity index is 2.72. The molecule has 0 saturated heterocycles. The first-order valence-electron chi connectivity index (χ1n) is 5.97. The average molecular weight is 241 g/mol. The Morgan fingerprint density at radius 1 is 0.700 bits per heavy atom. The molecule has 0 N–H and O–H groups in total. The summed E-state index contributed by atoms with van der Waals surface area (Å²) in [5.41, 5.74) is 3.60. The minimum absolute atomic E-state index is 0.207. The fourth-order valence-electron chi connectivity index (χ4n) is 2.48. The Labute approximate surface area is 125 Å². The maximum Gasteiger partial charge on any atom is 0.137 e. The van der Waals surface area contributed by atoms with Gasteiger partial charge in [0.2, 0.25) is 0 Å². The Morgan fingerprint density at radius 2 is 1.25 bits per heavy atom. The van der Waals surface area contributed by atoms with Crippen LogP contribution in [0.2, 0.25) is 0 Å². The SMILES string of the molecule is [B]c1cc(C)c2oc3c([B])c([B])c([B])c([B])c3c2c1[B]. The average Bonchev–Trinajstić information content (AvgIpc) is 2.81. The van der Waals surface area contributed by atoms with Crippen molar-refractivity contribution in [3.8, 4) is 0 Å². The van der Waals surface area contributed by atoms with Gasteiger partial charge in [0.1, 0.15) is 58.2 Å². The zero-order valence-electron chi connectivity index (χ0n) is 10.9. The van der Waals surface area contributed by atoms with Gasteiger partial charge in [-0.2, -0.15) is 0 Å². The number of aryl methyl sites for hydroxylation is 1. The summed E-state index contributed by atoms with van der Waals surface area (Å²) in [6.45, 7) is 1.86. The Bertz CT molecular complexity index is 880. The van der Waals surface area contributed by atoms with Crippen LogP contribution in [0.1, 0.15) is 5.56 Å². The van der Waals surface area contributed by atoms with Gasteiger partial charge in [-0.05, 0) is 12.5 Å². The Kier molecular flexibility index (Phi) is 2.93. The number of furan rings is 1. The Hall–Kier alpha value is -1.37. The van der Waals surface area contributed by atoms with Crippen LogP contribution in [-0.4, -0.2) is 47.1 Å². The second-order valence-electron chi connectivity index (χ2n) is 4.86. The normalized spacial score (nSPS) is 11.4. The van der Waals surface area contributed by atoms with Gasteiger partial charge in [0.15, 0.2) is 0 Å². The van der Waals surface area contributed by atoms with Gasteiger partial charge in [0.25, 0.3) is 0 Å². The summed E-state index contributed by atoms with van der Waals surface area (Å²) in [5.74, 6) is 0. The van der Waals surface area contributed by atoms with Gasteiger partial charge < -0.3 is 4.42 Å². The third-order valence-electron chi connectivity index (χ3n) is 3.60. The standard InChI is InChI=1S/C13H4B6O/c1-3-2-4(14)7(15)5-6-8(16)9(17)10(18)11(19)13(6)20-12(3)5/h2H,1H3. The van der Waals surface area contributed by atoms with Crippen molar-refractivity contribution in [2.75, 3.05) is 0 Å². The first-order valence-corrected chi connectivity index (χ1v) is 5.97. The van der Waals surface area contributed by atoms with E-state index in [2.05, 4.69) is 0 Å². The van der Waals surface area contributed by atoms with Crippen LogP contribution in [0.4, 0.5) is 0 Å². The first kappa shape index (κ1) is 13.6. The van der Waals surface area contributed by atoms with Crippen molar-refractivity contribution in [3.63, 3.8) is 0 Å². The predicted molar refractivity (Wildman–Crippen MR) is 90.8 cm³/mol. The molecule has 0 spiro atoms. The molecular weight excluding hydrogens is 237 g/mol. The molecule has 0 aliphatic carbocycles. The van der Waals surface area contributed by atoms with Gasteiger partial charge in [-0.1, -0.05) is 22.5 Å². The van der Waals surface area contributed by atoms with Gasteiger partial charge in [0, 0.05) is 10.8 Å². The van der Waals surface area contributed by atoms with E-state index < -0.39 is 0 Å². The van der Waals surface area contributed by atoms with Crippen LogP contribution in [-0.2, 0) is 0 Å². The summed E-state index contributed by atoms with van der Waals surface area (Å²) in [4.78, 5) is 0. The van der Waals surface area contributed by atoms with Crippen LogP contribution in [0.3, 0.4) is 0 Å². The van der Waals surface area contributed by atoms with E-state index in [1.165, 1.54) is 0 Å². The molecule has 0 unspecified atom stereocenters. The molecule has 2 aromatic carbocycles. The van der Waals surface area contributed by atoms with Crippen molar-refractivity contribution >= 4 is 102 Å². The third-order valence-corrected chi connectivity index (χ3v) is 3.60. The molecule has 0 amide bonds. The smallest absolute Gasteiger partial charge is 0.137 e. The summed E-state index contributed by atoms with van der Waals surface area (Å²) >= 11 is 0. The van der Waals surface area contributed by atoms with Crippen molar-refractivity contribution < 1.29 is 4.42 Å². The topological polar surface area (TPSA) is 13.1 Å². The zero-order chi connectivity index (χ0) is 14.8. The molecule has 1 nitrogen and oxygen atoms in total. The second kappa shape index (κ2) is 4.31.